The van der Waals surface area contributed by atoms with Crippen molar-refractivity contribution in [2.24, 2.45) is 0 Å². The first kappa shape index (κ1) is 11.3. The predicted molar refractivity (Wildman–Crippen MR) is 60.1 cm³/mol. The highest BCUT2D eigenvalue weighted by molar-refractivity contribution is 6.32. The van der Waals surface area contributed by atoms with Crippen LogP contribution in [0.5, 0.6) is 5.75 Å². The molecular weight excluding hydrogens is 246 g/mol. The lowest BCUT2D eigenvalue weighted by atomic mass is 10.3. The first-order chi connectivity index (χ1) is 8.20. The van der Waals surface area contributed by atoms with Crippen LogP contribution < -0.4 is 10.1 Å². The number of carbonyl (C=O) groups is 1. The number of tetrazole rings is 1. The molecule has 1 heterocycles. The molecule has 0 saturated carbocycles. The fraction of sp³-hybridized carbons (Fsp3) is 0.111. The maximum atomic E-state index is 11.6. The molecule has 2 N–H and O–H groups in total. The lowest BCUT2D eigenvalue weighted by molar-refractivity contribution is 0.101. The summed E-state index contributed by atoms with van der Waals surface area (Å²) in [5.41, 5.74) is 0.529. The highest BCUT2D eigenvalue weighted by Gasteiger charge is 2.11. The van der Waals surface area contributed by atoms with Gasteiger partial charge in [0, 0.05) is 11.8 Å². The summed E-state index contributed by atoms with van der Waals surface area (Å²) in [6, 6.07) is 4.86. The molecule has 2 rings (SSSR count). The fourth-order valence-corrected chi connectivity index (χ4v) is 1.38. The van der Waals surface area contributed by atoms with Crippen molar-refractivity contribution in [2.45, 2.75) is 0 Å². The highest BCUT2D eigenvalue weighted by atomic mass is 35.5. The van der Waals surface area contributed by atoms with E-state index >= 15 is 0 Å². The minimum Gasteiger partial charge on any atom is -0.495 e. The molecule has 1 amide bonds. The maximum absolute atomic E-state index is 11.6. The molecule has 0 saturated heterocycles. The molecule has 7 nitrogen and oxygen atoms in total. The molecule has 0 spiro atoms. The molecule has 1 aromatic heterocycles. The summed E-state index contributed by atoms with van der Waals surface area (Å²) in [7, 11) is 1.49. The number of ether oxygens (including phenoxy) is 1. The Labute approximate surface area is 101 Å². The van der Waals surface area contributed by atoms with E-state index in [2.05, 4.69) is 25.9 Å². The van der Waals surface area contributed by atoms with Crippen molar-refractivity contribution in [3.05, 3.63) is 29.0 Å². The van der Waals surface area contributed by atoms with Gasteiger partial charge in [0.15, 0.2) is 0 Å². The lowest BCUT2D eigenvalue weighted by Gasteiger charge is -2.06. The molecule has 17 heavy (non-hydrogen) atoms. The molecule has 0 aliphatic heterocycles. The van der Waals surface area contributed by atoms with Crippen molar-refractivity contribution in [3.63, 3.8) is 0 Å². The molecule has 0 bridgehead atoms. The van der Waals surface area contributed by atoms with Gasteiger partial charge in [0.1, 0.15) is 5.75 Å². The van der Waals surface area contributed by atoms with E-state index in [1.54, 1.807) is 18.2 Å². The van der Waals surface area contributed by atoms with Crippen LogP contribution in [0.15, 0.2) is 18.2 Å². The monoisotopic (exact) mass is 253 g/mol. The number of aromatic nitrogens is 4. The summed E-state index contributed by atoms with van der Waals surface area (Å²) < 4.78 is 5.02. The predicted octanol–water partition coefficient (Wildman–Crippen LogP) is 1.11. The number of halogens is 1. The first-order valence-electron chi connectivity index (χ1n) is 4.59. The third-order valence-electron chi connectivity index (χ3n) is 1.96. The topological polar surface area (TPSA) is 92.8 Å². The molecule has 0 unspecified atom stereocenters. The van der Waals surface area contributed by atoms with Crippen LogP contribution in [-0.2, 0) is 0 Å². The van der Waals surface area contributed by atoms with Crippen LogP contribution in [-0.4, -0.2) is 33.6 Å². The Morgan fingerprint density at radius 1 is 1.53 bits per heavy atom. The maximum Gasteiger partial charge on any atom is 0.297 e. The Bertz CT molecular complexity index is 528. The Morgan fingerprint density at radius 3 is 3.00 bits per heavy atom. The van der Waals surface area contributed by atoms with Gasteiger partial charge in [-0.15, -0.1) is 10.2 Å². The number of rotatable bonds is 3. The second kappa shape index (κ2) is 4.79. The number of aromatic amines is 1. The van der Waals surface area contributed by atoms with Crippen molar-refractivity contribution < 1.29 is 9.53 Å². The van der Waals surface area contributed by atoms with Crippen LogP contribution in [0.4, 0.5) is 5.69 Å². The number of amides is 1. The van der Waals surface area contributed by atoms with Gasteiger partial charge in [0.05, 0.1) is 12.1 Å². The second-order valence-electron chi connectivity index (χ2n) is 3.04. The zero-order valence-corrected chi connectivity index (χ0v) is 9.52. The summed E-state index contributed by atoms with van der Waals surface area (Å²) in [6.45, 7) is 0. The SMILES string of the molecule is COc1cc(NC(=O)c2nn[nH]n2)ccc1Cl. The molecule has 1 aromatic carbocycles. The standard InChI is InChI=1S/C9H8ClN5O2/c1-17-7-4-5(2-3-6(7)10)11-9(16)8-12-14-15-13-8/h2-4H,1H3,(H,11,16)(H,12,13,14,15). The van der Waals surface area contributed by atoms with Gasteiger partial charge in [-0.2, -0.15) is 5.21 Å². The van der Waals surface area contributed by atoms with E-state index in [0.717, 1.165) is 0 Å². The lowest BCUT2D eigenvalue weighted by Crippen LogP contribution is -2.13. The van der Waals surface area contributed by atoms with Crippen LogP contribution in [0.1, 0.15) is 10.6 Å². The van der Waals surface area contributed by atoms with E-state index in [4.69, 9.17) is 16.3 Å². The number of methoxy groups -OCH3 is 1. The summed E-state index contributed by atoms with van der Waals surface area (Å²) >= 11 is 5.86. The number of H-pyrrole nitrogens is 1. The number of hydrogen-bond donors (Lipinski definition) is 2. The van der Waals surface area contributed by atoms with Crippen molar-refractivity contribution in [1.82, 2.24) is 20.6 Å². The molecule has 0 atom stereocenters. The molecule has 0 aliphatic rings. The molecular formula is C9H8ClN5O2. The Morgan fingerprint density at radius 2 is 2.35 bits per heavy atom. The van der Waals surface area contributed by atoms with Crippen LogP contribution in [0.2, 0.25) is 5.02 Å². The van der Waals surface area contributed by atoms with Crippen LogP contribution in [0, 0.1) is 0 Å². The quantitative estimate of drug-likeness (QED) is 0.855. The van der Waals surface area contributed by atoms with Gasteiger partial charge < -0.3 is 10.1 Å². The van der Waals surface area contributed by atoms with E-state index < -0.39 is 5.91 Å². The smallest absolute Gasteiger partial charge is 0.297 e. The Balaban J connectivity index is 2.16. The minimum atomic E-state index is -0.469. The zero-order valence-electron chi connectivity index (χ0n) is 8.77. The van der Waals surface area contributed by atoms with Gasteiger partial charge in [0.25, 0.3) is 11.7 Å². The average Bonchev–Trinajstić information content (AvgIpc) is 2.85. The zero-order chi connectivity index (χ0) is 12.3. The van der Waals surface area contributed by atoms with Gasteiger partial charge in [-0.1, -0.05) is 11.6 Å². The summed E-state index contributed by atoms with van der Waals surface area (Å²) in [6.07, 6.45) is 0. The number of hydrogen-bond acceptors (Lipinski definition) is 5. The van der Waals surface area contributed by atoms with Crippen molar-refractivity contribution >= 4 is 23.2 Å². The highest BCUT2D eigenvalue weighted by Crippen LogP contribution is 2.27. The van der Waals surface area contributed by atoms with Crippen molar-refractivity contribution in [3.8, 4) is 5.75 Å². The van der Waals surface area contributed by atoms with Gasteiger partial charge >= 0.3 is 0 Å². The Hall–Kier alpha value is -2.15. The molecule has 0 aliphatic carbocycles. The third kappa shape index (κ3) is 2.51. The van der Waals surface area contributed by atoms with Gasteiger partial charge in [-0.05, 0) is 17.3 Å². The molecule has 0 fully saturated rings. The Kier molecular flexibility index (Phi) is 3.20. The number of benzene rings is 1. The largest absolute Gasteiger partial charge is 0.495 e. The van der Waals surface area contributed by atoms with Gasteiger partial charge in [-0.3, -0.25) is 4.79 Å². The van der Waals surface area contributed by atoms with E-state index in [1.165, 1.54) is 7.11 Å². The van der Waals surface area contributed by atoms with Crippen molar-refractivity contribution in [2.75, 3.05) is 12.4 Å². The van der Waals surface area contributed by atoms with E-state index in [-0.39, 0.29) is 5.82 Å². The van der Waals surface area contributed by atoms with E-state index in [1.807, 2.05) is 0 Å². The van der Waals surface area contributed by atoms with Gasteiger partial charge in [-0.25, -0.2) is 0 Å². The summed E-state index contributed by atoms with van der Waals surface area (Å²) in [4.78, 5) is 11.6. The minimum absolute atomic E-state index is 0.0427. The molecule has 8 heteroatoms. The fourth-order valence-electron chi connectivity index (χ4n) is 1.18. The van der Waals surface area contributed by atoms with E-state index in [9.17, 15) is 4.79 Å². The average molecular weight is 254 g/mol. The molecule has 0 radical (unpaired) electrons. The second-order valence-corrected chi connectivity index (χ2v) is 3.45. The van der Waals surface area contributed by atoms with Crippen LogP contribution >= 0.6 is 11.6 Å². The number of nitrogens with zero attached hydrogens (tertiary/aromatic N) is 3. The number of nitrogens with one attached hydrogen (secondary N) is 2. The first-order valence-corrected chi connectivity index (χ1v) is 4.97. The number of anilines is 1. The summed E-state index contributed by atoms with van der Waals surface area (Å²) in [5, 5.41) is 15.6. The van der Waals surface area contributed by atoms with E-state index in [0.29, 0.717) is 16.5 Å². The third-order valence-corrected chi connectivity index (χ3v) is 2.27. The molecule has 2 aromatic rings. The van der Waals surface area contributed by atoms with Gasteiger partial charge in [0.2, 0.25) is 0 Å². The summed E-state index contributed by atoms with van der Waals surface area (Å²) in [5.74, 6) is -0.0420. The van der Waals surface area contributed by atoms with Crippen LogP contribution in [0.25, 0.3) is 0 Å². The number of carbonyl (C=O) groups excluding carboxylic acids is 1. The van der Waals surface area contributed by atoms with Crippen molar-refractivity contribution in [1.29, 1.82) is 0 Å². The van der Waals surface area contributed by atoms with Crippen LogP contribution in [0.3, 0.4) is 0 Å². The normalized spacial score (nSPS) is 10.0. The molecule has 88 valence electrons.